The highest BCUT2D eigenvalue weighted by Gasteiger charge is 2.11. The van der Waals surface area contributed by atoms with Crippen molar-refractivity contribution in [2.45, 2.75) is 26.3 Å². The number of benzene rings is 3. The molecule has 27 heavy (non-hydrogen) atoms. The normalized spacial score (nSPS) is 11.8. The average molecular weight is 439 g/mol. The number of hydrogen-bond acceptors (Lipinski definition) is 0. The highest BCUT2D eigenvalue weighted by atomic mass is 79.9. The molecule has 4 aromatic rings. The zero-order valence-electron chi connectivity index (χ0n) is 15.3. The molecule has 0 bridgehead atoms. The van der Waals surface area contributed by atoms with Gasteiger partial charge in [-0.3, -0.25) is 0 Å². The number of rotatable bonds is 5. The molecule has 0 saturated heterocycles. The Morgan fingerprint density at radius 2 is 1.48 bits per heavy atom. The zero-order valence-corrected chi connectivity index (χ0v) is 17.6. The van der Waals surface area contributed by atoms with Crippen LogP contribution in [0.5, 0.6) is 0 Å². The van der Waals surface area contributed by atoms with Crippen molar-refractivity contribution in [3.8, 4) is 0 Å². The molecule has 0 saturated carbocycles. The summed E-state index contributed by atoms with van der Waals surface area (Å²) in [6, 6.07) is 21.2. The molecule has 0 fully saturated rings. The minimum atomic E-state index is 0.763. The Balaban J connectivity index is 1.80. The Bertz CT molecular complexity index is 1120. The van der Waals surface area contributed by atoms with Crippen molar-refractivity contribution in [1.82, 2.24) is 4.57 Å². The van der Waals surface area contributed by atoms with Gasteiger partial charge in [-0.1, -0.05) is 71.2 Å². The predicted octanol–water partition coefficient (Wildman–Crippen LogP) is 8.18. The molecule has 0 radical (unpaired) electrons. The quantitative estimate of drug-likeness (QED) is 0.277. The van der Waals surface area contributed by atoms with Crippen molar-refractivity contribution in [2.75, 3.05) is 0 Å². The van der Waals surface area contributed by atoms with Gasteiger partial charge in [0.1, 0.15) is 0 Å². The molecule has 0 aliphatic heterocycles. The highest BCUT2D eigenvalue weighted by molar-refractivity contribution is 9.10. The van der Waals surface area contributed by atoms with E-state index in [0.717, 1.165) is 21.6 Å². The van der Waals surface area contributed by atoms with E-state index in [1.165, 1.54) is 40.2 Å². The molecule has 1 heterocycles. The van der Waals surface area contributed by atoms with E-state index in [4.69, 9.17) is 11.6 Å². The summed E-state index contributed by atoms with van der Waals surface area (Å²) in [6.07, 6.45) is 6.67. The molecular weight excluding hydrogens is 418 g/mol. The third kappa shape index (κ3) is 3.83. The van der Waals surface area contributed by atoms with Gasteiger partial charge in [-0.2, -0.15) is 0 Å². The molecule has 1 nitrogen and oxygen atoms in total. The summed E-state index contributed by atoms with van der Waals surface area (Å²) in [5.74, 6) is 0. The lowest BCUT2D eigenvalue weighted by atomic mass is 10.1. The van der Waals surface area contributed by atoms with E-state index in [0.29, 0.717) is 0 Å². The second-order valence-corrected chi connectivity index (χ2v) is 8.18. The molecule has 0 unspecified atom stereocenters. The topological polar surface area (TPSA) is 4.93 Å². The van der Waals surface area contributed by atoms with Crippen LogP contribution in [0.15, 0.2) is 65.1 Å². The summed E-state index contributed by atoms with van der Waals surface area (Å²) in [6.45, 7) is 3.29. The summed E-state index contributed by atoms with van der Waals surface area (Å²) in [5.41, 5.74) is 4.96. The van der Waals surface area contributed by atoms with Gasteiger partial charge in [0, 0.05) is 37.8 Å². The zero-order chi connectivity index (χ0) is 18.8. The van der Waals surface area contributed by atoms with Gasteiger partial charge in [0.25, 0.3) is 0 Å². The number of nitrogens with zero attached hydrogens (tertiary/aromatic N) is 1. The molecule has 0 aliphatic carbocycles. The van der Waals surface area contributed by atoms with Crippen LogP contribution in [0, 0.1) is 0 Å². The van der Waals surface area contributed by atoms with Crippen LogP contribution in [0.2, 0.25) is 5.02 Å². The molecule has 0 atom stereocenters. The van der Waals surface area contributed by atoms with E-state index in [1.54, 1.807) is 0 Å². The van der Waals surface area contributed by atoms with Gasteiger partial charge in [0.2, 0.25) is 0 Å². The van der Waals surface area contributed by atoms with E-state index in [9.17, 15) is 0 Å². The lowest BCUT2D eigenvalue weighted by molar-refractivity contribution is 0.665. The van der Waals surface area contributed by atoms with E-state index in [2.05, 4.69) is 76.0 Å². The SMILES string of the molecule is CCCCn1c2ccc(Br)cc2c2cc(C=Cc3ccc(Cl)cc3)ccc21. The molecule has 3 aromatic carbocycles. The summed E-state index contributed by atoms with van der Waals surface area (Å²) in [7, 11) is 0. The van der Waals surface area contributed by atoms with Crippen molar-refractivity contribution < 1.29 is 0 Å². The number of aromatic nitrogens is 1. The monoisotopic (exact) mass is 437 g/mol. The molecule has 0 spiro atoms. The van der Waals surface area contributed by atoms with Crippen LogP contribution in [0.4, 0.5) is 0 Å². The van der Waals surface area contributed by atoms with Gasteiger partial charge in [-0.15, -0.1) is 0 Å². The second-order valence-electron chi connectivity index (χ2n) is 6.83. The maximum absolute atomic E-state index is 5.97. The van der Waals surface area contributed by atoms with E-state index in [1.807, 2.05) is 24.3 Å². The molecule has 0 N–H and O–H groups in total. The van der Waals surface area contributed by atoms with Crippen LogP contribution < -0.4 is 0 Å². The van der Waals surface area contributed by atoms with Crippen LogP contribution in [0.25, 0.3) is 34.0 Å². The number of fused-ring (bicyclic) bond motifs is 3. The van der Waals surface area contributed by atoms with E-state index >= 15 is 0 Å². The van der Waals surface area contributed by atoms with Gasteiger partial charge in [-0.25, -0.2) is 0 Å². The van der Waals surface area contributed by atoms with Crippen molar-refractivity contribution in [3.63, 3.8) is 0 Å². The predicted molar refractivity (Wildman–Crippen MR) is 122 cm³/mol. The first-order valence-corrected chi connectivity index (χ1v) is 10.5. The van der Waals surface area contributed by atoms with Gasteiger partial charge in [-0.05, 0) is 60.0 Å². The van der Waals surface area contributed by atoms with Crippen LogP contribution in [-0.2, 0) is 6.54 Å². The van der Waals surface area contributed by atoms with Crippen molar-refractivity contribution in [1.29, 1.82) is 0 Å². The molecule has 4 rings (SSSR count). The van der Waals surface area contributed by atoms with Gasteiger partial charge < -0.3 is 4.57 Å². The number of aryl methyl sites for hydroxylation is 1. The smallest absolute Gasteiger partial charge is 0.0492 e. The molecule has 1 aromatic heterocycles. The number of halogens is 2. The third-order valence-corrected chi connectivity index (χ3v) is 5.67. The van der Waals surface area contributed by atoms with Crippen LogP contribution in [0.3, 0.4) is 0 Å². The fourth-order valence-electron chi connectivity index (χ4n) is 3.52. The first-order chi connectivity index (χ1) is 13.2. The van der Waals surface area contributed by atoms with Crippen LogP contribution in [-0.4, -0.2) is 4.57 Å². The van der Waals surface area contributed by atoms with E-state index in [-0.39, 0.29) is 0 Å². The average Bonchev–Trinajstić information content (AvgIpc) is 2.98. The first-order valence-electron chi connectivity index (χ1n) is 9.31. The van der Waals surface area contributed by atoms with Gasteiger partial charge in [0.05, 0.1) is 0 Å². The number of unbranched alkanes of at least 4 members (excludes halogenated alkanes) is 1. The lowest BCUT2D eigenvalue weighted by Gasteiger charge is -2.06. The minimum absolute atomic E-state index is 0.763. The number of hydrogen-bond donors (Lipinski definition) is 0. The van der Waals surface area contributed by atoms with Crippen molar-refractivity contribution in [2.24, 2.45) is 0 Å². The Hall–Kier alpha value is -2.03. The van der Waals surface area contributed by atoms with Crippen molar-refractivity contribution in [3.05, 3.63) is 81.3 Å². The summed E-state index contributed by atoms with van der Waals surface area (Å²) in [4.78, 5) is 0. The fraction of sp³-hybridized carbons (Fsp3) is 0.167. The van der Waals surface area contributed by atoms with E-state index < -0.39 is 0 Å². The Labute approximate surface area is 173 Å². The van der Waals surface area contributed by atoms with Crippen molar-refractivity contribution >= 4 is 61.5 Å². The molecular formula is C24H21BrClN. The maximum atomic E-state index is 5.97. The molecule has 0 amide bonds. The molecule has 3 heteroatoms. The standard InChI is InChI=1S/C24H21BrClN/c1-2-3-14-27-23-12-8-18(5-4-17-6-10-20(26)11-7-17)15-21(23)22-16-19(25)9-13-24(22)27/h4-13,15-16H,2-3,14H2,1H3. The Morgan fingerprint density at radius 3 is 2.22 bits per heavy atom. The second kappa shape index (κ2) is 7.92. The maximum Gasteiger partial charge on any atom is 0.0492 e. The van der Waals surface area contributed by atoms with Crippen LogP contribution >= 0.6 is 27.5 Å². The first kappa shape index (κ1) is 18.3. The molecule has 0 aliphatic rings. The molecule has 136 valence electrons. The van der Waals surface area contributed by atoms with Gasteiger partial charge in [0.15, 0.2) is 0 Å². The largest absolute Gasteiger partial charge is 0.340 e. The summed E-state index contributed by atoms with van der Waals surface area (Å²) in [5, 5.41) is 3.37. The summed E-state index contributed by atoms with van der Waals surface area (Å²) < 4.78 is 3.57. The van der Waals surface area contributed by atoms with Gasteiger partial charge >= 0.3 is 0 Å². The third-order valence-electron chi connectivity index (χ3n) is 4.92. The Kier molecular flexibility index (Phi) is 5.38. The summed E-state index contributed by atoms with van der Waals surface area (Å²) >= 11 is 9.60. The van der Waals surface area contributed by atoms with Crippen LogP contribution in [0.1, 0.15) is 30.9 Å². The minimum Gasteiger partial charge on any atom is -0.340 e. The Morgan fingerprint density at radius 1 is 0.852 bits per heavy atom. The fourth-order valence-corrected chi connectivity index (χ4v) is 4.01. The highest BCUT2D eigenvalue weighted by Crippen LogP contribution is 2.32. The lowest BCUT2D eigenvalue weighted by Crippen LogP contribution is -1.96.